The summed E-state index contributed by atoms with van der Waals surface area (Å²) in [6.45, 7) is 0. The van der Waals surface area contributed by atoms with E-state index in [0.29, 0.717) is 5.69 Å². The first-order chi connectivity index (χ1) is 19.2. The Kier molecular flexibility index (Phi) is 6.08. The Morgan fingerprint density at radius 1 is 0.950 bits per heavy atom. The molecule has 1 saturated heterocycles. The van der Waals surface area contributed by atoms with Gasteiger partial charge in [-0.05, 0) is 41.4 Å². The van der Waals surface area contributed by atoms with Crippen LogP contribution >= 0.6 is 11.5 Å². The first-order valence-electron chi connectivity index (χ1n) is 11.9. The monoisotopic (exact) mass is 561 g/mol. The van der Waals surface area contributed by atoms with E-state index < -0.39 is 58.6 Å². The van der Waals surface area contributed by atoms with Gasteiger partial charge in [0.25, 0.3) is 0 Å². The number of ether oxygens (including phenoxy) is 1. The van der Waals surface area contributed by atoms with Crippen LogP contribution in [0.25, 0.3) is 11.3 Å². The number of carbonyl (C=O) groups is 4. The van der Waals surface area contributed by atoms with Crippen molar-refractivity contribution in [1.29, 1.82) is 0 Å². The number of halogens is 2. The summed E-state index contributed by atoms with van der Waals surface area (Å²) in [5.41, 5.74) is -1.15. The molecule has 4 aromatic rings. The van der Waals surface area contributed by atoms with Crippen LogP contribution < -0.4 is 5.32 Å². The van der Waals surface area contributed by atoms with Crippen molar-refractivity contribution in [3.05, 3.63) is 100 Å². The third-order valence-electron chi connectivity index (χ3n) is 7.18. The highest BCUT2D eigenvalue weighted by molar-refractivity contribution is 7.03. The van der Waals surface area contributed by atoms with E-state index in [0.717, 1.165) is 23.8 Å². The molecule has 3 aromatic carbocycles. The van der Waals surface area contributed by atoms with Crippen molar-refractivity contribution >= 4 is 40.7 Å². The van der Waals surface area contributed by atoms with Crippen LogP contribution in [0.2, 0.25) is 0 Å². The Morgan fingerprint density at radius 3 is 2.20 bits per heavy atom. The van der Waals surface area contributed by atoms with Crippen LogP contribution in [-0.4, -0.2) is 43.7 Å². The minimum atomic E-state index is -2.57. The van der Waals surface area contributed by atoms with Crippen molar-refractivity contribution < 1.29 is 37.8 Å². The summed E-state index contributed by atoms with van der Waals surface area (Å²) < 4.78 is 37.8. The normalized spacial score (nSPS) is 21.0. The van der Waals surface area contributed by atoms with Crippen molar-refractivity contribution in [2.75, 3.05) is 5.32 Å². The highest BCUT2D eigenvalue weighted by Gasteiger charge is 2.71. The molecule has 2 aliphatic rings. The molecule has 0 saturated carbocycles. The molecule has 1 aromatic heterocycles. The van der Waals surface area contributed by atoms with Gasteiger partial charge in [-0.15, -0.1) is 5.10 Å². The number of nitrogens with one attached hydrogen (secondary N) is 1. The lowest BCUT2D eigenvalue weighted by Crippen LogP contribution is -2.52. The summed E-state index contributed by atoms with van der Waals surface area (Å²) in [5, 5.41) is 18.7. The number of Topliss-reactive ketones (excluding diaryl/α,β-unsaturated/α-hetero) is 2. The molecule has 1 fully saturated rings. The van der Waals surface area contributed by atoms with E-state index in [9.17, 15) is 33.1 Å². The van der Waals surface area contributed by atoms with Crippen LogP contribution in [0.1, 0.15) is 32.4 Å². The van der Waals surface area contributed by atoms with E-state index in [4.69, 9.17) is 4.74 Å². The predicted molar refractivity (Wildman–Crippen MR) is 137 cm³/mol. The lowest BCUT2D eigenvalue weighted by atomic mass is 9.75. The minimum absolute atomic E-state index is 0.0454. The Bertz CT molecular complexity index is 1660. The average Bonchev–Trinajstić information content (AvgIpc) is 3.66. The van der Waals surface area contributed by atoms with Gasteiger partial charge in [-0.3, -0.25) is 19.2 Å². The van der Waals surface area contributed by atoms with Crippen molar-refractivity contribution in [2.24, 2.45) is 11.8 Å². The van der Waals surface area contributed by atoms with E-state index in [2.05, 4.69) is 14.9 Å². The van der Waals surface area contributed by atoms with Crippen molar-refractivity contribution in [2.45, 2.75) is 11.7 Å². The molecule has 2 N–H and O–H groups in total. The number of ketones is 2. The van der Waals surface area contributed by atoms with E-state index >= 15 is 0 Å². The van der Waals surface area contributed by atoms with Crippen LogP contribution in [0.15, 0.2) is 72.1 Å². The topological polar surface area (TPSA) is 136 Å². The molecule has 200 valence electrons. The molecule has 1 aliphatic heterocycles. The van der Waals surface area contributed by atoms with Gasteiger partial charge in [-0.1, -0.05) is 47.0 Å². The number of carboxylic acids is 1. The van der Waals surface area contributed by atoms with Gasteiger partial charge >= 0.3 is 5.97 Å². The standard InChI is InChI=1S/C28H17F2N3O6S/c29-18-10-7-14(11-19(18)30)23-21(26(36)31-15-8-5-13(6-9-15)20-12-40-33-32-20)22(27(37)38)28(39-23)24(34)16-3-1-2-4-17(16)25(28)35/h1-12,21-23H,(H,31,36)(H,37,38). The molecular formula is C28H17F2N3O6S. The zero-order valence-electron chi connectivity index (χ0n) is 20.2. The minimum Gasteiger partial charge on any atom is -0.481 e. The van der Waals surface area contributed by atoms with Crippen LogP contribution in [0.3, 0.4) is 0 Å². The molecule has 2 heterocycles. The zero-order chi connectivity index (χ0) is 28.2. The van der Waals surface area contributed by atoms with Gasteiger partial charge in [0.1, 0.15) is 11.6 Å². The van der Waals surface area contributed by atoms with Gasteiger partial charge < -0.3 is 15.2 Å². The van der Waals surface area contributed by atoms with Gasteiger partial charge in [0.2, 0.25) is 23.1 Å². The molecule has 1 aliphatic carbocycles. The Morgan fingerprint density at radius 2 is 1.62 bits per heavy atom. The summed E-state index contributed by atoms with van der Waals surface area (Å²) in [7, 11) is 0. The van der Waals surface area contributed by atoms with Gasteiger partial charge in [0, 0.05) is 27.8 Å². The van der Waals surface area contributed by atoms with Crippen LogP contribution in [0.4, 0.5) is 14.5 Å². The van der Waals surface area contributed by atoms with E-state index in [1.807, 2.05) is 0 Å². The molecule has 0 radical (unpaired) electrons. The number of benzene rings is 3. The number of hydrogen-bond donors (Lipinski definition) is 2. The molecule has 0 bridgehead atoms. The SMILES string of the molecule is O=C(Nc1ccc(-c2csnn2)cc1)C1C(c2ccc(F)c(F)c2)OC2(C(=O)c3ccccc3C2=O)C1C(=O)O. The van der Waals surface area contributed by atoms with Crippen LogP contribution in [-0.2, 0) is 14.3 Å². The summed E-state index contributed by atoms with van der Waals surface area (Å²) in [4.78, 5) is 53.7. The number of carboxylic acid groups (broad SMARTS) is 1. The molecule has 1 spiro atoms. The van der Waals surface area contributed by atoms with E-state index in [1.165, 1.54) is 35.8 Å². The number of amides is 1. The summed E-state index contributed by atoms with van der Waals surface area (Å²) in [5.74, 6) is -10.4. The summed E-state index contributed by atoms with van der Waals surface area (Å²) in [6, 6.07) is 14.9. The van der Waals surface area contributed by atoms with Crippen LogP contribution in [0.5, 0.6) is 0 Å². The van der Waals surface area contributed by atoms with Crippen molar-refractivity contribution in [1.82, 2.24) is 9.59 Å². The smallest absolute Gasteiger partial charge is 0.311 e. The lowest BCUT2D eigenvalue weighted by molar-refractivity contribution is -0.147. The highest BCUT2D eigenvalue weighted by atomic mass is 32.1. The number of nitrogens with zero attached hydrogens (tertiary/aromatic N) is 2. The fraction of sp³-hybridized carbons (Fsp3) is 0.143. The first-order valence-corrected chi connectivity index (χ1v) is 12.8. The van der Waals surface area contributed by atoms with Gasteiger partial charge in [-0.2, -0.15) is 0 Å². The second-order valence-electron chi connectivity index (χ2n) is 9.35. The number of aliphatic carboxylic acids is 1. The molecular weight excluding hydrogens is 544 g/mol. The molecule has 3 unspecified atom stereocenters. The maximum atomic E-state index is 14.3. The maximum Gasteiger partial charge on any atom is 0.311 e. The first kappa shape index (κ1) is 25.6. The van der Waals surface area contributed by atoms with Gasteiger partial charge in [-0.25, -0.2) is 8.78 Å². The quantitative estimate of drug-likeness (QED) is 0.344. The Hall–Kier alpha value is -4.68. The molecule has 1 amide bonds. The van der Waals surface area contributed by atoms with Crippen molar-refractivity contribution in [3.8, 4) is 11.3 Å². The number of fused-ring (bicyclic) bond motifs is 1. The molecule has 6 rings (SSSR count). The number of rotatable bonds is 5. The Labute approximate surface area is 228 Å². The molecule has 9 nitrogen and oxygen atoms in total. The number of anilines is 1. The Balaban J connectivity index is 1.43. The fourth-order valence-corrected chi connectivity index (χ4v) is 5.83. The maximum absolute atomic E-state index is 14.3. The summed E-state index contributed by atoms with van der Waals surface area (Å²) >= 11 is 1.17. The number of aromatic nitrogens is 2. The summed E-state index contributed by atoms with van der Waals surface area (Å²) in [6.07, 6.45) is -1.57. The third-order valence-corrected chi connectivity index (χ3v) is 7.68. The lowest BCUT2D eigenvalue weighted by Gasteiger charge is -2.25. The molecule has 40 heavy (non-hydrogen) atoms. The molecule has 3 atom stereocenters. The van der Waals surface area contributed by atoms with Crippen LogP contribution in [0, 0.1) is 23.5 Å². The number of carbonyl (C=O) groups excluding carboxylic acids is 3. The highest BCUT2D eigenvalue weighted by Crippen LogP contribution is 2.54. The van der Waals surface area contributed by atoms with E-state index in [1.54, 1.807) is 29.6 Å². The second kappa shape index (κ2) is 9.50. The fourth-order valence-electron chi connectivity index (χ4n) is 5.37. The second-order valence-corrected chi connectivity index (χ2v) is 9.96. The largest absolute Gasteiger partial charge is 0.481 e. The van der Waals surface area contributed by atoms with E-state index in [-0.39, 0.29) is 22.4 Å². The van der Waals surface area contributed by atoms with Gasteiger partial charge in [0.15, 0.2) is 11.6 Å². The zero-order valence-corrected chi connectivity index (χ0v) is 21.0. The molecule has 12 heteroatoms. The predicted octanol–water partition coefficient (Wildman–Crippen LogP) is 4.33. The average molecular weight is 562 g/mol. The van der Waals surface area contributed by atoms with Gasteiger partial charge in [0.05, 0.1) is 12.0 Å². The van der Waals surface area contributed by atoms with Crippen molar-refractivity contribution in [3.63, 3.8) is 0 Å². The number of hydrogen-bond acceptors (Lipinski definition) is 8. The third kappa shape index (κ3) is 3.83.